The van der Waals surface area contributed by atoms with Crippen molar-refractivity contribution in [2.45, 2.75) is 31.1 Å². The minimum atomic E-state index is 0.704. The average molecular weight is 211 g/mol. The van der Waals surface area contributed by atoms with E-state index in [1.54, 1.807) is 6.26 Å². The second-order valence-electron chi connectivity index (χ2n) is 3.75. The highest BCUT2D eigenvalue weighted by Crippen LogP contribution is 2.25. The molecule has 0 saturated carbocycles. The third-order valence-electron chi connectivity index (χ3n) is 2.73. The quantitative estimate of drug-likeness (QED) is 0.827. The molecule has 1 aliphatic heterocycles. The van der Waals surface area contributed by atoms with Gasteiger partial charge in [0.15, 0.2) is 0 Å². The van der Waals surface area contributed by atoms with E-state index in [-0.39, 0.29) is 0 Å². The third-order valence-corrected chi connectivity index (χ3v) is 4.06. The molecule has 1 aromatic rings. The molecule has 2 unspecified atom stereocenters. The fourth-order valence-electron chi connectivity index (χ4n) is 1.84. The molecule has 1 N–H and O–H groups in total. The zero-order valence-corrected chi connectivity index (χ0v) is 9.35. The first kappa shape index (κ1) is 10.1. The number of furan rings is 1. The number of nitrogens with one attached hydrogen (secondary N) is 1. The van der Waals surface area contributed by atoms with Crippen molar-refractivity contribution < 1.29 is 4.42 Å². The van der Waals surface area contributed by atoms with E-state index in [1.807, 2.05) is 12.1 Å². The van der Waals surface area contributed by atoms with Crippen molar-refractivity contribution in [3.8, 4) is 0 Å². The number of hydrogen-bond acceptors (Lipinski definition) is 3. The van der Waals surface area contributed by atoms with Gasteiger partial charge in [0.2, 0.25) is 0 Å². The van der Waals surface area contributed by atoms with Gasteiger partial charge in [0, 0.05) is 24.3 Å². The van der Waals surface area contributed by atoms with E-state index in [9.17, 15) is 0 Å². The van der Waals surface area contributed by atoms with Crippen LogP contribution in [0.4, 0.5) is 0 Å². The van der Waals surface area contributed by atoms with Gasteiger partial charge in [0.05, 0.1) is 6.26 Å². The van der Waals surface area contributed by atoms with Gasteiger partial charge < -0.3 is 9.73 Å². The molecule has 14 heavy (non-hydrogen) atoms. The second kappa shape index (κ2) is 4.89. The van der Waals surface area contributed by atoms with Crippen LogP contribution in [-0.4, -0.2) is 23.6 Å². The number of thioether (sulfide) groups is 1. The van der Waals surface area contributed by atoms with Gasteiger partial charge in [-0.25, -0.2) is 0 Å². The SMILES string of the molecule is CC1SCCC1NCCc1ccco1. The summed E-state index contributed by atoms with van der Waals surface area (Å²) in [6.07, 6.45) is 4.05. The molecule has 1 aromatic heterocycles. The normalized spacial score (nSPS) is 26.9. The fourth-order valence-corrected chi connectivity index (χ4v) is 3.06. The molecule has 1 fully saturated rings. The van der Waals surface area contributed by atoms with Gasteiger partial charge in [0.1, 0.15) is 5.76 Å². The van der Waals surface area contributed by atoms with Crippen molar-refractivity contribution in [1.82, 2.24) is 5.32 Å². The molecule has 0 bridgehead atoms. The zero-order valence-electron chi connectivity index (χ0n) is 8.53. The molecule has 0 radical (unpaired) electrons. The summed E-state index contributed by atoms with van der Waals surface area (Å²) in [6, 6.07) is 4.69. The Balaban J connectivity index is 1.68. The van der Waals surface area contributed by atoms with Crippen LogP contribution >= 0.6 is 11.8 Å². The summed E-state index contributed by atoms with van der Waals surface area (Å²) in [5, 5.41) is 4.36. The summed E-state index contributed by atoms with van der Waals surface area (Å²) in [4.78, 5) is 0. The first-order valence-corrected chi connectivity index (χ1v) is 6.28. The fraction of sp³-hybridized carbons (Fsp3) is 0.636. The van der Waals surface area contributed by atoms with Crippen molar-refractivity contribution >= 4 is 11.8 Å². The standard InChI is InChI=1S/C11H17NOS/c1-9-11(5-8-14-9)12-6-4-10-3-2-7-13-10/h2-3,7,9,11-12H,4-6,8H2,1H3. The van der Waals surface area contributed by atoms with Crippen LogP contribution in [0.15, 0.2) is 22.8 Å². The van der Waals surface area contributed by atoms with Gasteiger partial charge >= 0.3 is 0 Å². The highest BCUT2D eigenvalue weighted by Gasteiger charge is 2.22. The maximum absolute atomic E-state index is 5.28. The van der Waals surface area contributed by atoms with E-state index in [4.69, 9.17) is 4.42 Å². The summed E-state index contributed by atoms with van der Waals surface area (Å²) in [6.45, 7) is 3.34. The van der Waals surface area contributed by atoms with E-state index in [2.05, 4.69) is 24.0 Å². The van der Waals surface area contributed by atoms with Gasteiger partial charge in [-0.15, -0.1) is 0 Å². The molecule has 78 valence electrons. The molecule has 3 heteroatoms. The van der Waals surface area contributed by atoms with Gasteiger partial charge in [0.25, 0.3) is 0 Å². The van der Waals surface area contributed by atoms with E-state index >= 15 is 0 Å². The van der Waals surface area contributed by atoms with Crippen LogP contribution in [-0.2, 0) is 6.42 Å². The van der Waals surface area contributed by atoms with Crippen molar-refractivity contribution in [3.05, 3.63) is 24.2 Å². The Kier molecular flexibility index (Phi) is 3.54. The third kappa shape index (κ3) is 2.55. The summed E-state index contributed by atoms with van der Waals surface area (Å²) >= 11 is 2.07. The topological polar surface area (TPSA) is 25.2 Å². The first-order valence-electron chi connectivity index (χ1n) is 5.23. The largest absolute Gasteiger partial charge is 0.469 e. The Bertz CT molecular complexity index is 260. The smallest absolute Gasteiger partial charge is 0.105 e. The molecule has 1 saturated heterocycles. The minimum absolute atomic E-state index is 0.704. The lowest BCUT2D eigenvalue weighted by Gasteiger charge is -2.15. The Morgan fingerprint density at radius 1 is 1.64 bits per heavy atom. The highest BCUT2D eigenvalue weighted by atomic mass is 32.2. The predicted molar refractivity (Wildman–Crippen MR) is 60.7 cm³/mol. The summed E-state index contributed by atoms with van der Waals surface area (Å²) in [5.41, 5.74) is 0. The minimum Gasteiger partial charge on any atom is -0.469 e. The molecule has 1 aliphatic rings. The summed E-state index contributed by atoms with van der Waals surface area (Å²) in [7, 11) is 0. The molecule has 0 spiro atoms. The van der Waals surface area contributed by atoms with E-state index in [0.717, 1.165) is 24.0 Å². The zero-order chi connectivity index (χ0) is 9.80. The molecule has 0 aromatic carbocycles. The van der Waals surface area contributed by atoms with Crippen LogP contribution in [0.3, 0.4) is 0 Å². The van der Waals surface area contributed by atoms with Crippen LogP contribution in [0.25, 0.3) is 0 Å². The van der Waals surface area contributed by atoms with Crippen LogP contribution in [0.1, 0.15) is 19.1 Å². The van der Waals surface area contributed by atoms with Crippen LogP contribution in [0.2, 0.25) is 0 Å². The molecular weight excluding hydrogens is 194 g/mol. The average Bonchev–Trinajstić information content (AvgIpc) is 2.78. The molecule has 0 amide bonds. The monoisotopic (exact) mass is 211 g/mol. The Labute approximate surface area is 89.4 Å². The van der Waals surface area contributed by atoms with Crippen LogP contribution in [0, 0.1) is 0 Å². The van der Waals surface area contributed by atoms with Gasteiger partial charge in [-0.1, -0.05) is 6.92 Å². The molecular formula is C11H17NOS. The van der Waals surface area contributed by atoms with Crippen molar-refractivity contribution in [2.75, 3.05) is 12.3 Å². The summed E-state index contributed by atoms with van der Waals surface area (Å²) < 4.78 is 5.28. The van der Waals surface area contributed by atoms with Crippen LogP contribution < -0.4 is 5.32 Å². The Hall–Kier alpha value is -0.410. The van der Waals surface area contributed by atoms with Gasteiger partial charge in [-0.3, -0.25) is 0 Å². The van der Waals surface area contributed by atoms with Crippen molar-refractivity contribution in [2.24, 2.45) is 0 Å². The lowest BCUT2D eigenvalue weighted by Crippen LogP contribution is -2.34. The highest BCUT2D eigenvalue weighted by molar-refractivity contribution is 8.00. The maximum atomic E-state index is 5.28. The molecule has 2 atom stereocenters. The molecule has 2 heterocycles. The second-order valence-corrected chi connectivity index (χ2v) is 5.24. The van der Waals surface area contributed by atoms with E-state index in [1.165, 1.54) is 12.2 Å². The Morgan fingerprint density at radius 2 is 2.57 bits per heavy atom. The predicted octanol–water partition coefficient (Wildman–Crippen LogP) is 2.31. The molecule has 0 aliphatic carbocycles. The Morgan fingerprint density at radius 3 is 3.21 bits per heavy atom. The molecule has 2 nitrogen and oxygen atoms in total. The van der Waals surface area contributed by atoms with Gasteiger partial charge in [-0.2, -0.15) is 11.8 Å². The number of hydrogen-bond donors (Lipinski definition) is 1. The van der Waals surface area contributed by atoms with Crippen molar-refractivity contribution in [3.63, 3.8) is 0 Å². The summed E-state index contributed by atoms with van der Waals surface area (Å²) in [5.74, 6) is 2.38. The van der Waals surface area contributed by atoms with E-state index < -0.39 is 0 Å². The van der Waals surface area contributed by atoms with Crippen molar-refractivity contribution in [1.29, 1.82) is 0 Å². The maximum Gasteiger partial charge on any atom is 0.105 e. The number of rotatable bonds is 4. The lowest BCUT2D eigenvalue weighted by molar-refractivity contribution is 0.470. The molecule has 2 rings (SSSR count). The van der Waals surface area contributed by atoms with Crippen LogP contribution in [0.5, 0.6) is 0 Å². The van der Waals surface area contributed by atoms with Gasteiger partial charge in [-0.05, 0) is 24.3 Å². The lowest BCUT2D eigenvalue weighted by atomic mass is 10.1. The first-order chi connectivity index (χ1) is 6.86. The van der Waals surface area contributed by atoms with E-state index in [0.29, 0.717) is 6.04 Å².